The van der Waals surface area contributed by atoms with Crippen LogP contribution >= 0.6 is 0 Å². The maximum atomic E-state index is 10.9. The molecule has 0 saturated heterocycles. The molecule has 8 aromatic rings. The Morgan fingerprint density at radius 1 is 0.611 bits per heavy atom. The third-order valence-electron chi connectivity index (χ3n) is 10.2. The highest BCUT2D eigenvalue weighted by atomic mass is 16.3. The van der Waals surface area contributed by atoms with E-state index < -0.39 is 0 Å². The van der Waals surface area contributed by atoms with Crippen molar-refractivity contribution in [2.24, 2.45) is 0 Å². The van der Waals surface area contributed by atoms with Gasteiger partial charge in [0.1, 0.15) is 16.7 Å². The standard InChI is InChI=1S/C52H40O2/c1-4-37-19-13-14-23-42(37)35(3)43-24-11-6-7-12-25-44(46-27-16-15-26-45(43)46)39-22-17-18-36(30-39)28-29-47-49-32-40-31-48(38-20-9-8-10-21-38)50(53)33-41(40)34-52(49)54-51(47)5-2/h4-27,29-34,53H,1,3,28H2,2H3/b7-6?,11-6?,12-7?,24-11?,25-12?,43-24?,44-25?,45-43?,46-44?,47-29-,51-5+. The number of phenols is 1. The molecule has 7 aromatic carbocycles. The minimum Gasteiger partial charge on any atom is -0.507 e. The molecule has 0 fully saturated rings. The van der Waals surface area contributed by atoms with Gasteiger partial charge in [0.15, 0.2) is 0 Å². The van der Waals surface area contributed by atoms with E-state index in [0.717, 1.165) is 94.1 Å². The number of furan rings is 1. The molecule has 0 aliphatic rings. The summed E-state index contributed by atoms with van der Waals surface area (Å²) in [5.41, 5.74) is 11.0. The van der Waals surface area contributed by atoms with E-state index in [1.54, 1.807) is 0 Å². The largest absolute Gasteiger partial charge is 0.507 e. The molecule has 8 rings (SSSR count). The maximum Gasteiger partial charge on any atom is 0.136 e. The van der Waals surface area contributed by atoms with Crippen molar-refractivity contribution in [3.05, 3.63) is 210 Å². The molecular weight excluding hydrogens is 657 g/mol. The Hall–Kier alpha value is -6.90. The van der Waals surface area contributed by atoms with Crippen LogP contribution in [0.1, 0.15) is 29.2 Å². The van der Waals surface area contributed by atoms with Crippen LogP contribution in [0.3, 0.4) is 0 Å². The summed E-state index contributed by atoms with van der Waals surface area (Å²) in [5, 5.41) is 17.3. The van der Waals surface area contributed by atoms with Crippen LogP contribution in [0.5, 0.6) is 5.75 Å². The molecule has 0 spiro atoms. The number of hydrogen-bond acceptors (Lipinski definition) is 2. The summed E-state index contributed by atoms with van der Waals surface area (Å²) in [7, 11) is 0. The predicted molar refractivity (Wildman–Crippen MR) is 230 cm³/mol. The zero-order valence-corrected chi connectivity index (χ0v) is 30.3. The van der Waals surface area contributed by atoms with E-state index in [0.29, 0.717) is 0 Å². The molecule has 0 unspecified atom stereocenters. The first-order valence-electron chi connectivity index (χ1n) is 18.3. The van der Waals surface area contributed by atoms with Crippen molar-refractivity contribution in [1.29, 1.82) is 0 Å². The molecule has 0 bridgehead atoms. The molecule has 1 aromatic heterocycles. The zero-order valence-electron chi connectivity index (χ0n) is 30.3. The molecule has 0 amide bonds. The molecule has 0 aliphatic carbocycles. The fourth-order valence-corrected chi connectivity index (χ4v) is 7.45. The first-order valence-corrected chi connectivity index (χ1v) is 18.3. The van der Waals surface area contributed by atoms with Crippen LogP contribution in [0.4, 0.5) is 0 Å². The van der Waals surface area contributed by atoms with Crippen LogP contribution in [-0.4, -0.2) is 5.11 Å². The summed E-state index contributed by atoms with van der Waals surface area (Å²) < 4.78 is 6.37. The minimum absolute atomic E-state index is 0.254. The second-order valence-electron chi connectivity index (χ2n) is 13.5. The van der Waals surface area contributed by atoms with Gasteiger partial charge in [-0.1, -0.05) is 165 Å². The van der Waals surface area contributed by atoms with Gasteiger partial charge in [0, 0.05) is 16.2 Å². The first kappa shape index (κ1) is 34.2. The van der Waals surface area contributed by atoms with Crippen LogP contribution in [0.15, 0.2) is 181 Å². The molecule has 0 saturated carbocycles. The Bertz CT molecular complexity index is 2910. The summed E-state index contributed by atoms with van der Waals surface area (Å²) in [6.45, 7) is 10.7. The van der Waals surface area contributed by atoms with Gasteiger partial charge in [0.25, 0.3) is 0 Å². The topological polar surface area (TPSA) is 33.4 Å². The van der Waals surface area contributed by atoms with Gasteiger partial charge in [0.2, 0.25) is 0 Å². The minimum atomic E-state index is 0.254. The number of hydrogen-bond donors (Lipinski definition) is 1. The Kier molecular flexibility index (Phi) is 9.49. The fraction of sp³-hybridized carbons (Fsp3) is 0.0385. The Balaban J connectivity index is 1.23. The molecule has 0 aliphatic heterocycles. The lowest BCUT2D eigenvalue weighted by Crippen LogP contribution is -2.19. The van der Waals surface area contributed by atoms with Gasteiger partial charge < -0.3 is 9.52 Å². The van der Waals surface area contributed by atoms with Gasteiger partial charge in [0.05, 0.1) is 0 Å². The molecular formula is C52H40O2. The quantitative estimate of drug-likeness (QED) is 0.180. The van der Waals surface area contributed by atoms with Crippen molar-refractivity contribution in [3.63, 3.8) is 0 Å². The van der Waals surface area contributed by atoms with Crippen molar-refractivity contribution in [2.45, 2.75) is 13.3 Å². The molecule has 2 nitrogen and oxygen atoms in total. The highest BCUT2D eigenvalue weighted by Gasteiger charge is 2.13. The molecule has 1 heterocycles. The number of rotatable bonds is 7. The van der Waals surface area contributed by atoms with E-state index in [1.165, 1.54) is 5.56 Å². The molecule has 260 valence electrons. The third-order valence-corrected chi connectivity index (χ3v) is 10.2. The van der Waals surface area contributed by atoms with Crippen molar-refractivity contribution >= 4 is 56.3 Å². The molecule has 0 atom stereocenters. The SMILES string of the molecule is C=Cc1ccccc1C(=C)c1ccccccc(-c2cccc(C/C=c3\c(=C/C)oc4cc5cc(O)c(-c6ccccc6)cc5cc34)c2)c2ccccc12. The number of benzene rings is 6. The monoisotopic (exact) mass is 696 g/mol. The number of fused-ring (bicyclic) bond motifs is 3. The van der Waals surface area contributed by atoms with E-state index in [9.17, 15) is 5.11 Å². The lowest BCUT2D eigenvalue weighted by atomic mass is 9.91. The van der Waals surface area contributed by atoms with Crippen LogP contribution in [0.25, 0.3) is 78.6 Å². The van der Waals surface area contributed by atoms with Gasteiger partial charge in [-0.05, 0) is 110 Å². The third kappa shape index (κ3) is 6.62. The second kappa shape index (κ2) is 15.0. The Morgan fingerprint density at radius 3 is 2.09 bits per heavy atom. The number of phenolic OH excluding ortho intramolecular Hbond substituents is 1. The summed E-state index contributed by atoms with van der Waals surface area (Å²) in [5.74, 6) is 0.254. The lowest BCUT2D eigenvalue weighted by Gasteiger charge is -2.13. The summed E-state index contributed by atoms with van der Waals surface area (Å²) in [4.78, 5) is 0. The summed E-state index contributed by atoms with van der Waals surface area (Å²) in [6, 6.07) is 56.5. The average Bonchev–Trinajstić information content (AvgIpc) is 3.56. The molecule has 0 radical (unpaired) electrons. The van der Waals surface area contributed by atoms with E-state index in [4.69, 9.17) is 4.42 Å². The van der Waals surface area contributed by atoms with Gasteiger partial charge in [-0.25, -0.2) is 0 Å². The van der Waals surface area contributed by atoms with Gasteiger partial charge in [-0.2, -0.15) is 0 Å². The summed E-state index contributed by atoms with van der Waals surface area (Å²) in [6.07, 6.45) is 6.91. The highest BCUT2D eigenvalue weighted by Crippen LogP contribution is 2.36. The van der Waals surface area contributed by atoms with E-state index >= 15 is 0 Å². The van der Waals surface area contributed by atoms with Crippen molar-refractivity contribution in [2.75, 3.05) is 0 Å². The van der Waals surface area contributed by atoms with Crippen molar-refractivity contribution in [1.82, 2.24) is 0 Å². The Labute approximate surface area is 315 Å². The smallest absolute Gasteiger partial charge is 0.136 e. The summed E-state index contributed by atoms with van der Waals surface area (Å²) >= 11 is 0. The lowest BCUT2D eigenvalue weighted by molar-refractivity contribution is 0.478. The van der Waals surface area contributed by atoms with Gasteiger partial charge in [-0.3, -0.25) is 0 Å². The maximum absolute atomic E-state index is 10.9. The number of aromatic hydroxyl groups is 1. The van der Waals surface area contributed by atoms with Gasteiger partial charge >= 0.3 is 0 Å². The first-order chi connectivity index (χ1) is 26.5. The van der Waals surface area contributed by atoms with Crippen LogP contribution in [0, 0.1) is 0 Å². The predicted octanol–water partition coefficient (Wildman–Crippen LogP) is 12.4. The van der Waals surface area contributed by atoms with E-state index in [-0.39, 0.29) is 5.75 Å². The Morgan fingerprint density at radius 2 is 1.28 bits per heavy atom. The van der Waals surface area contributed by atoms with E-state index in [1.807, 2.05) is 67.6 Å². The molecule has 1 N–H and O–H groups in total. The van der Waals surface area contributed by atoms with Crippen molar-refractivity contribution < 1.29 is 9.52 Å². The highest BCUT2D eigenvalue weighted by molar-refractivity contribution is 6.03. The molecule has 54 heavy (non-hydrogen) atoms. The normalized spacial score (nSPS) is 11.9. The van der Waals surface area contributed by atoms with Crippen LogP contribution in [0.2, 0.25) is 0 Å². The van der Waals surface area contributed by atoms with E-state index in [2.05, 4.69) is 134 Å². The van der Waals surface area contributed by atoms with Crippen LogP contribution in [-0.2, 0) is 6.42 Å². The fourth-order valence-electron chi connectivity index (χ4n) is 7.45. The van der Waals surface area contributed by atoms with Crippen molar-refractivity contribution in [3.8, 4) is 28.0 Å². The zero-order chi connectivity index (χ0) is 37.0. The molecule has 2 heteroatoms. The average molecular weight is 697 g/mol. The second-order valence-corrected chi connectivity index (χ2v) is 13.5. The van der Waals surface area contributed by atoms with Gasteiger partial charge in [-0.15, -0.1) is 0 Å². The van der Waals surface area contributed by atoms with Crippen LogP contribution < -0.4 is 10.6 Å².